The summed E-state index contributed by atoms with van der Waals surface area (Å²) in [4.78, 5) is 12.7. The lowest BCUT2D eigenvalue weighted by Crippen LogP contribution is -2.42. The summed E-state index contributed by atoms with van der Waals surface area (Å²) in [7, 11) is -0.641. The summed E-state index contributed by atoms with van der Waals surface area (Å²) in [5, 5.41) is 9.39. The first-order valence-corrected chi connectivity index (χ1v) is 11.9. The Morgan fingerprint density at radius 1 is 1.18 bits per heavy atom. The molecule has 2 N–H and O–H groups in total. The summed E-state index contributed by atoms with van der Waals surface area (Å²) in [5.74, 6) is 1.32. The zero-order valence-corrected chi connectivity index (χ0v) is 19.2. The van der Waals surface area contributed by atoms with Crippen LogP contribution < -0.4 is 14.8 Å². The van der Waals surface area contributed by atoms with Crippen molar-refractivity contribution in [2.45, 2.75) is 24.5 Å². The van der Waals surface area contributed by atoms with Crippen LogP contribution in [-0.4, -0.2) is 56.1 Å². The van der Waals surface area contributed by atoms with E-state index < -0.39 is 10.0 Å². The molecular formula is C22H26N4O6S. The molecule has 0 unspecified atom stereocenters. The highest BCUT2D eigenvalue weighted by molar-refractivity contribution is 7.89. The topological polar surface area (TPSA) is 127 Å². The summed E-state index contributed by atoms with van der Waals surface area (Å²) in [6.07, 6.45) is 2.42. The molecule has 10 nitrogen and oxygen atoms in total. The Morgan fingerprint density at radius 3 is 2.64 bits per heavy atom. The van der Waals surface area contributed by atoms with Crippen molar-refractivity contribution in [1.82, 2.24) is 19.8 Å². The Morgan fingerprint density at radius 2 is 1.97 bits per heavy atom. The number of carbonyl (C=O) groups excluding carboxylic acids is 1. The Kier molecular flexibility index (Phi) is 6.70. The minimum Gasteiger partial charge on any atom is -0.497 e. The number of piperidine rings is 1. The number of aromatic amines is 1. The van der Waals surface area contributed by atoms with Gasteiger partial charge in [0.05, 0.1) is 14.2 Å². The average Bonchev–Trinajstić information content (AvgIpc) is 3.55. The molecule has 0 radical (unpaired) electrons. The van der Waals surface area contributed by atoms with Crippen molar-refractivity contribution in [3.05, 3.63) is 48.2 Å². The first kappa shape index (κ1) is 22.9. The fraction of sp³-hybridized carbons (Fsp3) is 0.364. The van der Waals surface area contributed by atoms with Gasteiger partial charge >= 0.3 is 0 Å². The number of rotatable bonds is 8. The second kappa shape index (κ2) is 9.67. The van der Waals surface area contributed by atoms with Gasteiger partial charge in [-0.25, -0.2) is 8.42 Å². The molecule has 3 heterocycles. The summed E-state index contributed by atoms with van der Waals surface area (Å²) in [6.45, 7) is 0.798. The lowest BCUT2D eigenvalue weighted by molar-refractivity contribution is -0.126. The standard InChI is InChI=1S/C22H26N4O6S/c1-30-17-4-3-16(20(13-17)31-2)14-23-22(27)15-8-11-26(12-9-15)33(28,29)21-6-5-19(32-21)18-7-10-24-25-18/h3-7,10,13,15H,8-9,11-12,14H2,1-2H3,(H,23,27)(H,24,25). The molecule has 1 fully saturated rings. The Hall–Kier alpha value is -3.31. The van der Waals surface area contributed by atoms with Crippen LogP contribution in [0.25, 0.3) is 11.5 Å². The van der Waals surface area contributed by atoms with E-state index in [4.69, 9.17) is 13.9 Å². The fourth-order valence-corrected chi connectivity index (χ4v) is 5.19. The van der Waals surface area contributed by atoms with Crippen LogP contribution in [0.2, 0.25) is 0 Å². The second-order valence-corrected chi connectivity index (χ2v) is 9.53. The van der Waals surface area contributed by atoms with Crippen molar-refractivity contribution in [3.63, 3.8) is 0 Å². The first-order chi connectivity index (χ1) is 15.9. The van der Waals surface area contributed by atoms with Crippen LogP contribution in [0, 0.1) is 5.92 Å². The SMILES string of the molecule is COc1ccc(CNC(=O)C2CCN(S(=O)(=O)c3ccc(-c4ccn[nH]4)o3)CC2)c(OC)c1. The summed E-state index contributed by atoms with van der Waals surface area (Å²) < 4.78 is 43.4. The van der Waals surface area contributed by atoms with Crippen LogP contribution in [0.3, 0.4) is 0 Å². The third-order valence-electron chi connectivity index (χ3n) is 5.71. The number of amides is 1. The third-order valence-corrected chi connectivity index (χ3v) is 7.49. The molecule has 176 valence electrons. The van der Waals surface area contributed by atoms with Gasteiger partial charge in [-0.15, -0.1) is 0 Å². The molecule has 1 aliphatic heterocycles. The smallest absolute Gasteiger partial charge is 0.276 e. The van der Waals surface area contributed by atoms with E-state index in [1.807, 2.05) is 6.07 Å². The highest BCUT2D eigenvalue weighted by Crippen LogP contribution is 2.28. The molecule has 0 bridgehead atoms. The minimum absolute atomic E-state index is 0.107. The largest absolute Gasteiger partial charge is 0.497 e. The van der Waals surface area contributed by atoms with Crippen molar-refractivity contribution in [2.75, 3.05) is 27.3 Å². The number of ether oxygens (including phenoxy) is 2. The molecule has 1 aliphatic rings. The zero-order valence-electron chi connectivity index (χ0n) is 18.4. The monoisotopic (exact) mass is 474 g/mol. The van der Waals surface area contributed by atoms with Gasteiger partial charge in [0.15, 0.2) is 5.76 Å². The predicted octanol–water partition coefficient (Wildman–Crippen LogP) is 2.40. The van der Waals surface area contributed by atoms with Crippen LogP contribution >= 0.6 is 0 Å². The molecule has 1 saturated heterocycles. The third kappa shape index (κ3) is 4.88. The maximum absolute atomic E-state index is 13.0. The van der Waals surface area contributed by atoms with Gasteiger partial charge in [0.25, 0.3) is 10.0 Å². The molecular weight excluding hydrogens is 448 g/mol. The van der Waals surface area contributed by atoms with Gasteiger partial charge in [0.1, 0.15) is 17.2 Å². The molecule has 3 aromatic rings. The maximum Gasteiger partial charge on any atom is 0.276 e. The quantitative estimate of drug-likeness (QED) is 0.513. The van der Waals surface area contributed by atoms with E-state index in [2.05, 4.69) is 15.5 Å². The number of nitrogens with one attached hydrogen (secondary N) is 2. The fourth-order valence-electron chi connectivity index (χ4n) is 3.81. The molecule has 1 amide bonds. The highest BCUT2D eigenvalue weighted by atomic mass is 32.2. The summed E-state index contributed by atoms with van der Waals surface area (Å²) >= 11 is 0. The number of hydrogen-bond acceptors (Lipinski definition) is 7. The molecule has 4 rings (SSSR count). The van der Waals surface area contributed by atoms with Crippen molar-refractivity contribution in [1.29, 1.82) is 0 Å². The molecule has 0 saturated carbocycles. The molecule has 0 spiro atoms. The number of sulfonamides is 1. The Labute approximate surface area is 191 Å². The van der Waals surface area contributed by atoms with Crippen molar-refractivity contribution < 1.29 is 27.1 Å². The number of H-pyrrole nitrogens is 1. The number of carbonyl (C=O) groups is 1. The van der Waals surface area contributed by atoms with Crippen molar-refractivity contribution >= 4 is 15.9 Å². The van der Waals surface area contributed by atoms with E-state index in [-0.39, 0.29) is 30.0 Å². The van der Waals surface area contributed by atoms with Crippen molar-refractivity contribution in [2.24, 2.45) is 5.92 Å². The van der Waals surface area contributed by atoms with Gasteiger partial charge in [-0.3, -0.25) is 9.89 Å². The van der Waals surface area contributed by atoms with Gasteiger partial charge in [-0.05, 0) is 43.2 Å². The normalized spacial score (nSPS) is 15.3. The number of nitrogens with zero attached hydrogens (tertiary/aromatic N) is 2. The Balaban J connectivity index is 1.33. The summed E-state index contributed by atoms with van der Waals surface area (Å²) in [6, 6.07) is 10.1. The van der Waals surface area contributed by atoms with Crippen LogP contribution in [-0.2, 0) is 21.4 Å². The number of methoxy groups -OCH3 is 2. The Bertz CT molecular complexity index is 1200. The van der Waals surface area contributed by atoms with E-state index in [9.17, 15) is 13.2 Å². The lowest BCUT2D eigenvalue weighted by atomic mass is 9.97. The molecule has 0 aliphatic carbocycles. The number of benzene rings is 1. The lowest BCUT2D eigenvalue weighted by Gasteiger charge is -2.29. The van der Waals surface area contributed by atoms with E-state index in [1.54, 1.807) is 44.7 Å². The number of hydrogen-bond donors (Lipinski definition) is 2. The minimum atomic E-state index is -3.78. The molecule has 2 aromatic heterocycles. The molecule has 11 heteroatoms. The predicted molar refractivity (Wildman–Crippen MR) is 119 cm³/mol. The van der Waals surface area contributed by atoms with Gasteiger partial charge in [-0.2, -0.15) is 9.40 Å². The van der Waals surface area contributed by atoms with E-state index >= 15 is 0 Å². The molecule has 1 aromatic carbocycles. The van der Waals surface area contributed by atoms with Crippen LogP contribution in [0.4, 0.5) is 0 Å². The zero-order chi connectivity index (χ0) is 23.4. The van der Waals surface area contributed by atoms with E-state index in [0.717, 1.165) is 5.56 Å². The van der Waals surface area contributed by atoms with Gasteiger partial charge < -0.3 is 19.2 Å². The molecule has 0 atom stereocenters. The molecule has 33 heavy (non-hydrogen) atoms. The maximum atomic E-state index is 13.0. The van der Waals surface area contributed by atoms with Gasteiger partial charge in [0.2, 0.25) is 11.0 Å². The highest BCUT2D eigenvalue weighted by Gasteiger charge is 2.34. The van der Waals surface area contributed by atoms with E-state index in [0.29, 0.717) is 42.3 Å². The van der Waals surface area contributed by atoms with Crippen LogP contribution in [0.5, 0.6) is 11.5 Å². The van der Waals surface area contributed by atoms with Gasteiger partial charge in [-0.1, -0.05) is 0 Å². The van der Waals surface area contributed by atoms with Gasteiger partial charge in [0, 0.05) is 43.4 Å². The summed E-state index contributed by atoms with van der Waals surface area (Å²) in [5.41, 5.74) is 1.43. The first-order valence-electron chi connectivity index (χ1n) is 10.5. The van der Waals surface area contributed by atoms with Crippen molar-refractivity contribution in [3.8, 4) is 23.0 Å². The van der Waals surface area contributed by atoms with Crippen LogP contribution in [0.15, 0.2) is 52.1 Å². The van der Waals surface area contributed by atoms with E-state index in [1.165, 1.54) is 10.4 Å². The van der Waals surface area contributed by atoms with Crippen LogP contribution in [0.1, 0.15) is 18.4 Å². The average molecular weight is 475 g/mol. The second-order valence-electron chi connectivity index (χ2n) is 7.66. The number of furan rings is 1. The number of aromatic nitrogens is 2.